The van der Waals surface area contributed by atoms with Crippen LogP contribution in [0.5, 0.6) is 0 Å². The number of hydrogen-bond acceptors (Lipinski definition) is 2. The quantitative estimate of drug-likeness (QED) is 0.798. The topological polar surface area (TPSA) is 46.2 Å². The van der Waals surface area contributed by atoms with Gasteiger partial charge < -0.3 is 0 Å². The van der Waals surface area contributed by atoms with Crippen LogP contribution in [0.3, 0.4) is 0 Å². The van der Waals surface area contributed by atoms with Crippen molar-refractivity contribution in [3.63, 3.8) is 0 Å². The molecule has 0 amide bonds. The molecule has 0 aliphatic heterocycles. The van der Waals surface area contributed by atoms with Gasteiger partial charge >= 0.3 is 0 Å². The van der Waals surface area contributed by atoms with Crippen molar-refractivity contribution < 1.29 is 8.42 Å². The Hall–Kier alpha value is -1.39. The molecule has 0 bridgehead atoms. The first kappa shape index (κ1) is 12.7. The van der Waals surface area contributed by atoms with Gasteiger partial charge in [-0.15, -0.1) is 0 Å². The molecule has 0 saturated heterocycles. The van der Waals surface area contributed by atoms with Gasteiger partial charge in [-0.2, -0.15) is 0 Å². The van der Waals surface area contributed by atoms with Gasteiger partial charge in [0, 0.05) is 12.0 Å². The Bertz CT molecular complexity index is 461. The number of rotatable bonds is 5. The van der Waals surface area contributed by atoms with E-state index in [9.17, 15) is 8.42 Å². The van der Waals surface area contributed by atoms with Crippen LogP contribution in [-0.4, -0.2) is 8.42 Å². The van der Waals surface area contributed by atoms with Crippen LogP contribution in [0.1, 0.15) is 12.5 Å². The second-order valence-corrected chi connectivity index (χ2v) is 4.86. The van der Waals surface area contributed by atoms with Gasteiger partial charge in [-0.1, -0.05) is 42.5 Å². The van der Waals surface area contributed by atoms with Crippen LogP contribution in [0.4, 0.5) is 0 Å². The van der Waals surface area contributed by atoms with E-state index in [-0.39, 0.29) is 0 Å². The van der Waals surface area contributed by atoms with E-state index in [1.807, 2.05) is 37.3 Å². The summed E-state index contributed by atoms with van der Waals surface area (Å²) in [4.78, 5) is 0. The number of benzene rings is 1. The second kappa shape index (κ2) is 6.25. The molecule has 0 unspecified atom stereocenters. The summed E-state index contributed by atoms with van der Waals surface area (Å²) in [5.41, 5.74) is 0.936. The zero-order chi connectivity index (χ0) is 11.9. The fraction of sp³-hybridized carbons (Fsp3) is 0.167. The van der Waals surface area contributed by atoms with Crippen molar-refractivity contribution in [2.75, 3.05) is 0 Å². The van der Waals surface area contributed by atoms with Crippen molar-refractivity contribution in [2.45, 2.75) is 13.5 Å². The van der Waals surface area contributed by atoms with Gasteiger partial charge in [-0.3, -0.25) is 0 Å². The van der Waals surface area contributed by atoms with Crippen molar-refractivity contribution in [2.24, 2.45) is 0 Å². The normalized spacial score (nSPS) is 12.6. The van der Waals surface area contributed by atoms with Crippen molar-refractivity contribution >= 4 is 10.0 Å². The van der Waals surface area contributed by atoms with Crippen LogP contribution in [0.2, 0.25) is 0 Å². The van der Waals surface area contributed by atoms with Crippen molar-refractivity contribution in [1.82, 2.24) is 4.72 Å². The predicted molar refractivity (Wildman–Crippen MR) is 66.2 cm³/mol. The lowest BCUT2D eigenvalue weighted by Crippen LogP contribution is -2.20. The summed E-state index contributed by atoms with van der Waals surface area (Å²) in [6, 6.07) is 9.39. The zero-order valence-electron chi connectivity index (χ0n) is 9.13. The Labute approximate surface area is 96.6 Å². The number of hydrogen-bond donors (Lipinski definition) is 1. The van der Waals surface area contributed by atoms with Crippen molar-refractivity contribution in [1.29, 1.82) is 0 Å². The maximum absolute atomic E-state index is 11.4. The summed E-state index contributed by atoms with van der Waals surface area (Å²) in [5.74, 6) is 0. The average Bonchev–Trinajstić information content (AvgIpc) is 2.28. The van der Waals surface area contributed by atoms with Gasteiger partial charge in [0.15, 0.2) is 0 Å². The van der Waals surface area contributed by atoms with Crippen LogP contribution < -0.4 is 4.72 Å². The highest BCUT2D eigenvalue weighted by Gasteiger charge is 2.03. The van der Waals surface area contributed by atoms with E-state index in [0.29, 0.717) is 6.54 Å². The summed E-state index contributed by atoms with van der Waals surface area (Å²) in [6.07, 6.45) is 4.93. The lowest BCUT2D eigenvalue weighted by molar-refractivity contribution is 0.590. The maximum atomic E-state index is 11.4. The van der Waals surface area contributed by atoms with Crippen LogP contribution >= 0.6 is 0 Å². The molecular formula is C12H15NO2S. The van der Waals surface area contributed by atoms with Gasteiger partial charge in [0.05, 0.1) is 0 Å². The smallest absolute Gasteiger partial charge is 0.208 e. The molecule has 0 aliphatic rings. The number of allylic oxidation sites excluding steroid dienone is 3. The van der Waals surface area contributed by atoms with Gasteiger partial charge in [0.2, 0.25) is 10.0 Å². The predicted octanol–water partition coefficient (Wildman–Crippen LogP) is 2.20. The van der Waals surface area contributed by atoms with Gasteiger partial charge in [-0.25, -0.2) is 13.1 Å². The minimum atomic E-state index is -3.33. The third-order valence-corrected chi connectivity index (χ3v) is 2.94. The minimum absolute atomic E-state index is 0.309. The van der Waals surface area contributed by atoms with Crippen LogP contribution in [0, 0.1) is 0 Å². The molecule has 1 N–H and O–H groups in total. The highest BCUT2D eigenvalue weighted by atomic mass is 32.2. The summed E-state index contributed by atoms with van der Waals surface area (Å²) in [6.45, 7) is 2.14. The fourth-order valence-corrected chi connectivity index (χ4v) is 1.85. The van der Waals surface area contributed by atoms with Gasteiger partial charge in [-0.05, 0) is 18.6 Å². The molecule has 0 fully saturated rings. The lowest BCUT2D eigenvalue weighted by atomic mass is 10.2. The van der Waals surface area contributed by atoms with Crippen molar-refractivity contribution in [3.8, 4) is 0 Å². The van der Waals surface area contributed by atoms with E-state index >= 15 is 0 Å². The molecule has 0 heterocycles. The molecule has 1 aromatic rings. The van der Waals surface area contributed by atoms with Crippen LogP contribution in [0.25, 0.3) is 0 Å². The summed E-state index contributed by atoms with van der Waals surface area (Å²) in [7, 11) is -3.33. The monoisotopic (exact) mass is 237 g/mol. The number of sulfonamides is 1. The first-order valence-electron chi connectivity index (χ1n) is 4.97. The largest absolute Gasteiger partial charge is 0.234 e. The third kappa shape index (κ3) is 4.91. The lowest BCUT2D eigenvalue weighted by Gasteiger charge is -2.02. The molecule has 3 nitrogen and oxygen atoms in total. The SMILES string of the molecule is C/C=C/C=C\S(=O)(=O)NCc1ccccc1. The Kier molecular flexibility index (Phi) is 4.95. The van der Waals surface area contributed by atoms with Crippen LogP contribution in [-0.2, 0) is 16.6 Å². The maximum Gasteiger partial charge on any atom is 0.234 e. The molecule has 0 saturated carbocycles. The molecule has 0 atom stereocenters. The fourth-order valence-electron chi connectivity index (χ4n) is 1.09. The Morgan fingerprint density at radius 1 is 1.19 bits per heavy atom. The molecule has 86 valence electrons. The molecule has 1 rings (SSSR count). The first-order valence-corrected chi connectivity index (χ1v) is 6.51. The molecule has 0 aliphatic carbocycles. The standard InChI is InChI=1S/C12H15NO2S/c1-2-3-7-10-16(14,15)13-11-12-8-5-4-6-9-12/h2-10,13H,11H2,1H3/b3-2+,10-7-. The molecule has 0 spiro atoms. The van der Waals surface area contributed by atoms with Crippen LogP contribution in [0.15, 0.2) is 54.0 Å². The van der Waals surface area contributed by atoms with Gasteiger partial charge in [0.25, 0.3) is 0 Å². The van der Waals surface area contributed by atoms with E-state index in [2.05, 4.69) is 4.72 Å². The van der Waals surface area contributed by atoms with Gasteiger partial charge in [0.1, 0.15) is 0 Å². The third-order valence-electron chi connectivity index (χ3n) is 1.88. The Morgan fingerprint density at radius 2 is 1.88 bits per heavy atom. The Balaban J connectivity index is 2.55. The van der Waals surface area contributed by atoms with Crippen molar-refractivity contribution in [3.05, 3.63) is 59.5 Å². The van der Waals surface area contributed by atoms with E-state index < -0.39 is 10.0 Å². The zero-order valence-corrected chi connectivity index (χ0v) is 9.94. The molecule has 0 radical (unpaired) electrons. The summed E-state index contributed by atoms with van der Waals surface area (Å²) < 4.78 is 25.4. The van der Waals surface area contributed by atoms with E-state index in [0.717, 1.165) is 11.0 Å². The molecule has 0 aromatic heterocycles. The molecule has 16 heavy (non-hydrogen) atoms. The highest BCUT2D eigenvalue weighted by molar-refractivity contribution is 7.92. The average molecular weight is 237 g/mol. The van der Waals surface area contributed by atoms with E-state index in [4.69, 9.17) is 0 Å². The molecular weight excluding hydrogens is 222 g/mol. The molecule has 1 aromatic carbocycles. The number of nitrogens with one attached hydrogen (secondary N) is 1. The second-order valence-electron chi connectivity index (χ2n) is 3.21. The minimum Gasteiger partial charge on any atom is -0.208 e. The first-order chi connectivity index (χ1) is 7.64. The summed E-state index contributed by atoms with van der Waals surface area (Å²) >= 11 is 0. The Morgan fingerprint density at radius 3 is 2.50 bits per heavy atom. The van der Waals surface area contributed by atoms with E-state index in [1.165, 1.54) is 6.08 Å². The van der Waals surface area contributed by atoms with E-state index in [1.54, 1.807) is 12.2 Å². The molecule has 4 heteroatoms. The highest BCUT2D eigenvalue weighted by Crippen LogP contribution is 1.99. The summed E-state index contributed by atoms with van der Waals surface area (Å²) in [5, 5.41) is 1.15.